The highest BCUT2D eigenvalue weighted by Crippen LogP contribution is 2.38. The van der Waals surface area contributed by atoms with Crippen LogP contribution in [-0.2, 0) is 0 Å². The van der Waals surface area contributed by atoms with E-state index in [2.05, 4.69) is 31.1 Å². The maximum atomic E-state index is 3.39. The van der Waals surface area contributed by atoms with E-state index in [1.807, 2.05) is 0 Å². The van der Waals surface area contributed by atoms with Gasteiger partial charge >= 0.3 is 0 Å². The van der Waals surface area contributed by atoms with Gasteiger partial charge in [0.15, 0.2) is 0 Å². The Balaban J connectivity index is 2.02. The molecule has 1 aliphatic carbocycles. The maximum Gasteiger partial charge on any atom is 0.0209 e. The zero-order chi connectivity index (χ0) is 8.77. The van der Waals surface area contributed by atoms with Crippen LogP contribution in [0.2, 0.25) is 0 Å². The molecule has 0 spiro atoms. The first-order valence-corrected chi connectivity index (χ1v) is 5.07. The van der Waals surface area contributed by atoms with Crippen molar-refractivity contribution in [2.75, 3.05) is 13.6 Å². The normalized spacial score (nSPS) is 35.8. The van der Waals surface area contributed by atoms with E-state index in [0.717, 1.165) is 12.1 Å². The van der Waals surface area contributed by atoms with Crippen molar-refractivity contribution in [3.63, 3.8) is 0 Å². The molecule has 2 heteroatoms. The lowest BCUT2D eigenvalue weighted by Crippen LogP contribution is -2.39. The Morgan fingerprint density at radius 1 is 1.33 bits per heavy atom. The van der Waals surface area contributed by atoms with Gasteiger partial charge in [0.1, 0.15) is 0 Å². The first-order valence-electron chi connectivity index (χ1n) is 5.07. The molecule has 2 rings (SSSR count). The Morgan fingerprint density at radius 2 is 2.00 bits per heavy atom. The predicted molar refractivity (Wildman–Crippen MR) is 51.3 cm³/mol. The van der Waals surface area contributed by atoms with Crippen LogP contribution >= 0.6 is 0 Å². The predicted octanol–water partition coefficient (Wildman–Crippen LogP) is 1.22. The number of hydrogen-bond donors (Lipinski definition) is 1. The zero-order valence-electron chi connectivity index (χ0n) is 8.43. The Hall–Kier alpha value is -0.0800. The van der Waals surface area contributed by atoms with Crippen LogP contribution in [0.25, 0.3) is 0 Å². The van der Waals surface area contributed by atoms with Gasteiger partial charge < -0.3 is 5.32 Å². The molecular weight excluding hydrogens is 148 g/mol. The molecule has 2 aliphatic rings. The summed E-state index contributed by atoms with van der Waals surface area (Å²) in [5.74, 6) is 0. The van der Waals surface area contributed by atoms with Crippen LogP contribution in [0.15, 0.2) is 0 Å². The van der Waals surface area contributed by atoms with Gasteiger partial charge in [0.2, 0.25) is 0 Å². The number of rotatable bonds is 2. The average Bonchev–Trinajstić information content (AvgIpc) is 2.76. The van der Waals surface area contributed by atoms with Gasteiger partial charge in [-0.2, -0.15) is 0 Å². The highest BCUT2D eigenvalue weighted by Gasteiger charge is 2.44. The topological polar surface area (TPSA) is 15.3 Å². The molecule has 2 nitrogen and oxygen atoms in total. The van der Waals surface area contributed by atoms with Crippen molar-refractivity contribution in [2.45, 2.75) is 50.7 Å². The molecule has 1 saturated heterocycles. The lowest BCUT2D eigenvalue weighted by Gasteiger charge is -2.31. The molecule has 0 bridgehead atoms. The quantitative estimate of drug-likeness (QED) is 0.667. The standard InChI is InChI=1S/C10H20N2/c1-10(2)6-8(11-3)7-12(10)9-4-5-9/h8-9,11H,4-7H2,1-3H3. The van der Waals surface area contributed by atoms with Crippen LogP contribution in [0.5, 0.6) is 0 Å². The molecule has 1 N–H and O–H groups in total. The fourth-order valence-electron chi connectivity index (χ4n) is 2.49. The Bertz CT molecular complexity index is 173. The lowest BCUT2D eigenvalue weighted by atomic mass is 10.0. The van der Waals surface area contributed by atoms with Crippen LogP contribution in [-0.4, -0.2) is 36.1 Å². The second-order valence-corrected chi connectivity index (χ2v) is 4.89. The summed E-state index contributed by atoms with van der Waals surface area (Å²) in [5.41, 5.74) is 0.439. The molecule has 0 radical (unpaired) electrons. The number of nitrogens with one attached hydrogen (secondary N) is 1. The molecule has 1 aliphatic heterocycles. The number of nitrogens with zero attached hydrogens (tertiary/aromatic N) is 1. The molecule has 12 heavy (non-hydrogen) atoms. The van der Waals surface area contributed by atoms with E-state index in [9.17, 15) is 0 Å². The summed E-state index contributed by atoms with van der Waals surface area (Å²) in [7, 11) is 2.08. The minimum atomic E-state index is 0.439. The van der Waals surface area contributed by atoms with E-state index in [0.29, 0.717) is 5.54 Å². The van der Waals surface area contributed by atoms with Gasteiger partial charge in [-0.1, -0.05) is 0 Å². The van der Waals surface area contributed by atoms with E-state index in [-0.39, 0.29) is 0 Å². The third-order valence-electron chi connectivity index (χ3n) is 3.34. The molecule has 1 saturated carbocycles. The minimum Gasteiger partial charge on any atom is -0.316 e. The fourth-order valence-corrected chi connectivity index (χ4v) is 2.49. The Morgan fingerprint density at radius 3 is 2.42 bits per heavy atom. The van der Waals surface area contributed by atoms with Crippen molar-refractivity contribution < 1.29 is 0 Å². The van der Waals surface area contributed by atoms with Crippen molar-refractivity contribution in [2.24, 2.45) is 0 Å². The average molecular weight is 168 g/mol. The number of hydrogen-bond acceptors (Lipinski definition) is 2. The van der Waals surface area contributed by atoms with Crippen molar-refractivity contribution >= 4 is 0 Å². The largest absolute Gasteiger partial charge is 0.316 e. The van der Waals surface area contributed by atoms with Gasteiger partial charge in [0.05, 0.1) is 0 Å². The van der Waals surface area contributed by atoms with E-state index in [1.165, 1.54) is 25.8 Å². The van der Waals surface area contributed by atoms with Gasteiger partial charge in [0.25, 0.3) is 0 Å². The van der Waals surface area contributed by atoms with Crippen LogP contribution in [0, 0.1) is 0 Å². The molecule has 0 amide bonds. The molecular formula is C10H20N2. The van der Waals surface area contributed by atoms with Crippen molar-refractivity contribution in [3.05, 3.63) is 0 Å². The fraction of sp³-hybridized carbons (Fsp3) is 1.00. The van der Waals surface area contributed by atoms with Gasteiger partial charge in [-0.05, 0) is 40.2 Å². The molecule has 1 heterocycles. The smallest absolute Gasteiger partial charge is 0.0209 e. The second-order valence-electron chi connectivity index (χ2n) is 4.89. The lowest BCUT2D eigenvalue weighted by molar-refractivity contribution is 0.165. The summed E-state index contributed by atoms with van der Waals surface area (Å²) in [5, 5.41) is 3.39. The molecule has 70 valence electrons. The van der Waals surface area contributed by atoms with Crippen molar-refractivity contribution in [3.8, 4) is 0 Å². The molecule has 2 fully saturated rings. The van der Waals surface area contributed by atoms with E-state index in [1.54, 1.807) is 0 Å². The summed E-state index contributed by atoms with van der Waals surface area (Å²) in [6.07, 6.45) is 4.17. The van der Waals surface area contributed by atoms with Crippen LogP contribution in [0.1, 0.15) is 33.1 Å². The number of likely N-dealkylation sites (N-methyl/N-ethyl adjacent to an activating group) is 1. The summed E-state index contributed by atoms with van der Waals surface area (Å²) < 4.78 is 0. The van der Waals surface area contributed by atoms with Gasteiger partial charge in [-0.15, -0.1) is 0 Å². The first kappa shape index (κ1) is 8.52. The monoisotopic (exact) mass is 168 g/mol. The second kappa shape index (κ2) is 2.71. The SMILES string of the molecule is CNC1CN(C2CC2)C(C)(C)C1. The molecule has 0 aromatic heterocycles. The molecule has 1 atom stereocenters. The van der Waals surface area contributed by atoms with Crippen molar-refractivity contribution in [1.29, 1.82) is 0 Å². The van der Waals surface area contributed by atoms with E-state index in [4.69, 9.17) is 0 Å². The summed E-state index contributed by atoms with van der Waals surface area (Å²) >= 11 is 0. The van der Waals surface area contributed by atoms with E-state index < -0.39 is 0 Å². The maximum absolute atomic E-state index is 3.39. The van der Waals surface area contributed by atoms with Crippen LogP contribution in [0.3, 0.4) is 0 Å². The summed E-state index contributed by atoms with van der Waals surface area (Å²) in [4.78, 5) is 2.69. The number of likely N-dealkylation sites (tertiary alicyclic amines) is 1. The van der Waals surface area contributed by atoms with Gasteiger partial charge in [-0.25, -0.2) is 0 Å². The van der Waals surface area contributed by atoms with Crippen molar-refractivity contribution in [1.82, 2.24) is 10.2 Å². The van der Waals surface area contributed by atoms with Crippen LogP contribution in [0.4, 0.5) is 0 Å². The first-order chi connectivity index (χ1) is 5.63. The summed E-state index contributed by atoms with van der Waals surface area (Å²) in [6, 6.07) is 1.64. The molecule has 1 unspecified atom stereocenters. The molecule has 0 aromatic carbocycles. The zero-order valence-corrected chi connectivity index (χ0v) is 8.43. The third kappa shape index (κ3) is 1.38. The highest BCUT2D eigenvalue weighted by atomic mass is 15.3. The molecule has 0 aromatic rings. The van der Waals surface area contributed by atoms with Gasteiger partial charge in [0, 0.05) is 24.2 Å². The highest BCUT2D eigenvalue weighted by molar-refractivity contribution is 5.02. The minimum absolute atomic E-state index is 0.439. The van der Waals surface area contributed by atoms with Gasteiger partial charge in [-0.3, -0.25) is 4.90 Å². The summed E-state index contributed by atoms with van der Waals surface area (Å²) in [6.45, 7) is 6.01. The Labute approximate surface area is 75.3 Å². The van der Waals surface area contributed by atoms with E-state index >= 15 is 0 Å². The van der Waals surface area contributed by atoms with Crippen LogP contribution < -0.4 is 5.32 Å². The third-order valence-corrected chi connectivity index (χ3v) is 3.34. The Kier molecular flexibility index (Phi) is 1.92.